The Morgan fingerprint density at radius 1 is 1.48 bits per heavy atom. The van der Waals surface area contributed by atoms with Crippen molar-refractivity contribution in [2.45, 2.75) is 38.8 Å². The van der Waals surface area contributed by atoms with Gasteiger partial charge in [0.25, 0.3) is 0 Å². The van der Waals surface area contributed by atoms with Crippen LogP contribution >= 0.6 is 0 Å². The maximum absolute atomic E-state index is 11.1. The fraction of sp³-hybridized carbons (Fsp3) is 0.600. The van der Waals surface area contributed by atoms with Crippen LogP contribution in [0, 0.1) is 10.1 Å². The number of anilines is 1. The molecular formula is C15H23N3O3. The average Bonchev–Trinajstić information content (AvgIpc) is 2.46. The van der Waals surface area contributed by atoms with Gasteiger partial charge < -0.3 is 15.0 Å². The second-order valence-corrected chi connectivity index (χ2v) is 5.65. The monoisotopic (exact) mass is 293 g/mol. The van der Waals surface area contributed by atoms with E-state index in [1.165, 1.54) is 6.07 Å². The summed E-state index contributed by atoms with van der Waals surface area (Å²) in [6.45, 7) is 5.62. The maximum Gasteiger partial charge on any atom is 0.311 e. The number of ether oxygens (including phenoxy) is 1. The highest BCUT2D eigenvalue weighted by molar-refractivity contribution is 5.59. The first-order valence-electron chi connectivity index (χ1n) is 7.38. The number of hydrogen-bond acceptors (Lipinski definition) is 5. The third kappa shape index (κ3) is 3.85. The molecule has 0 bridgehead atoms. The van der Waals surface area contributed by atoms with E-state index in [0.717, 1.165) is 31.6 Å². The molecule has 1 aromatic rings. The summed E-state index contributed by atoms with van der Waals surface area (Å²) in [5, 5.41) is 14.4. The predicted molar refractivity (Wildman–Crippen MR) is 83.2 cm³/mol. The quantitative estimate of drug-likeness (QED) is 0.667. The molecule has 0 saturated carbocycles. The van der Waals surface area contributed by atoms with E-state index >= 15 is 0 Å². The van der Waals surface area contributed by atoms with Gasteiger partial charge >= 0.3 is 5.69 Å². The lowest BCUT2D eigenvalue weighted by Crippen LogP contribution is -2.44. The first kappa shape index (κ1) is 15.6. The van der Waals surface area contributed by atoms with Gasteiger partial charge in [0.2, 0.25) is 0 Å². The van der Waals surface area contributed by atoms with E-state index in [-0.39, 0.29) is 11.8 Å². The molecule has 1 heterocycles. The van der Waals surface area contributed by atoms with E-state index in [2.05, 4.69) is 10.2 Å². The minimum Gasteiger partial charge on any atom is -0.484 e. The van der Waals surface area contributed by atoms with E-state index in [1.54, 1.807) is 6.07 Å². The molecule has 1 aliphatic heterocycles. The molecule has 6 nitrogen and oxygen atoms in total. The summed E-state index contributed by atoms with van der Waals surface area (Å²) in [7, 11) is 1.97. The third-order valence-corrected chi connectivity index (χ3v) is 3.70. The second kappa shape index (κ2) is 6.76. The Hall–Kier alpha value is -1.82. The molecule has 0 spiro atoms. The fourth-order valence-corrected chi connectivity index (χ4v) is 2.65. The molecule has 0 radical (unpaired) electrons. The largest absolute Gasteiger partial charge is 0.484 e. The molecule has 1 saturated heterocycles. The SMILES string of the molecule is CNC1CCCN(c2ccc([N+](=O)[O-])c(OC(C)C)c2)C1. The smallest absolute Gasteiger partial charge is 0.311 e. The van der Waals surface area contributed by atoms with Gasteiger partial charge in [0.05, 0.1) is 11.0 Å². The van der Waals surface area contributed by atoms with Crippen molar-refractivity contribution in [2.75, 3.05) is 25.0 Å². The predicted octanol–water partition coefficient (Wildman–Crippen LogP) is 2.57. The summed E-state index contributed by atoms with van der Waals surface area (Å²) >= 11 is 0. The molecule has 1 unspecified atom stereocenters. The van der Waals surface area contributed by atoms with Crippen molar-refractivity contribution in [3.63, 3.8) is 0 Å². The minimum absolute atomic E-state index is 0.0228. The second-order valence-electron chi connectivity index (χ2n) is 5.65. The van der Waals surface area contributed by atoms with Crippen LogP contribution in [0.1, 0.15) is 26.7 Å². The third-order valence-electron chi connectivity index (χ3n) is 3.70. The van der Waals surface area contributed by atoms with Crippen LogP contribution in [-0.2, 0) is 0 Å². The molecule has 6 heteroatoms. The van der Waals surface area contributed by atoms with Crippen LogP contribution in [0.25, 0.3) is 0 Å². The van der Waals surface area contributed by atoms with Crippen molar-refractivity contribution in [3.05, 3.63) is 28.3 Å². The number of nitrogens with zero attached hydrogens (tertiary/aromatic N) is 2. The van der Waals surface area contributed by atoms with Crippen molar-refractivity contribution in [1.82, 2.24) is 5.32 Å². The summed E-state index contributed by atoms with van der Waals surface area (Å²) in [6.07, 6.45) is 2.18. The Balaban J connectivity index is 2.26. The number of hydrogen-bond donors (Lipinski definition) is 1. The topological polar surface area (TPSA) is 67.6 Å². The van der Waals surface area contributed by atoms with Gasteiger partial charge in [-0.3, -0.25) is 10.1 Å². The first-order valence-corrected chi connectivity index (χ1v) is 7.38. The summed E-state index contributed by atoms with van der Waals surface area (Å²) < 4.78 is 5.61. The average molecular weight is 293 g/mol. The van der Waals surface area contributed by atoms with Crippen LogP contribution in [-0.4, -0.2) is 37.2 Å². The van der Waals surface area contributed by atoms with Gasteiger partial charge in [-0.1, -0.05) is 0 Å². The molecular weight excluding hydrogens is 270 g/mol. The van der Waals surface area contributed by atoms with Crippen LogP contribution in [0.4, 0.5) is 11.4 Å². The lowest BCUT2D eigenvalue weighted by molar-refractivity contribution is -0.386. The Labute approximate surface area is 125 Å². The van der Waals surface area contributed by atoms with E-state index in [4.69, 9.17) is 4.74 Å². The number of piperidine rings is 1. The standard InChI is InChI=1S/C15H23N3O3/c1-11(2)21-15-9-13(6-7-14(15)18(19)20)17-8-4-5-12(10-17)16-3/h6-7,9,11-12,16H,4-5,8,10H2,1-3H3. The zero-order valence-corrected chi connectivity index (χ0v) is 12.8. The van der Waals surface area contributed by atoms with Crippen LogP contribution in [0.15, 0.2) is 18.2 Å². The van der Waals surface area contributed by atoms with Crippen molar-refractivity contribution < 1.29 is 9.66 Å². The molecule has 0 aliphatic carbocycles. The van der Waals surface area contributed by atoms with Gasteiger partial charge in [-0.15, -0.1) is 0 Å². The molecule has 1 atom stereocenters. The molecule has 1 N–H and O–H groups in total. The molecule has 21 heavy (non-hydrogen) atoms. The van der Waals surface area contributed by atoms with Crippen LogP contribution in [0.2, 0.25) is 0 Å². The van der Waals surface area contributed by atoms with Crippen LogP contribution in [0.5, 0.6) is 5.75 Å². The van der Waals surface area contributed by atoms with E-state index in [1.807, 2.05) is 27.0 Å². The molecule has 1 fully saturated rings. The van der Waals surface area contributed by atoms with Gasteiger partial charge in [-0.05, 0) is 39.8 Å². The van der Waals surface area contributed by atoms with Crippen molar-refractivity contribution in [3.8, 4) is 5.75 Å². The summed E-state index contributed by atoms with van der Waals surface area (Å²) in [6, 6.07) is 5.60. The van der Waals surface area contributed by atoms with E-state index in [0.29, 0.717) is 11.8 Å². The molecule has 1 aliphatic rings. The first-order chi connectivity index (χ1) is 10.0. The lowest BCUT2D eigenvalue weighted by Gasteiger charge is -2.34. The van der Waals surface area contributed by atoms with Gasteiger partial charge in [0.1, 0.15) is 0 Å². The Kier molecular flexibility index (Phi) is 5.01. The van der Waals surface area contributed by atoms with E-state index < -0.39 is 4.92 Å². The number of nitrogens with one attached hydrogen (secondary N) is 1. The molecule has 0 aromatic heterocycles. The summed E-state index contributed by atoms with van der Waals surface area (Å²) in [5.41, 5.74) is 1.01. The Morgan fingerprint density at radius 3 is 2.86 bits per heavy atom. The maximum atomic E-state index is 11.1. The van der Waals surface area contributed by atoms with Crippen LogP contribution in [0.3, 0.4) is 0 Å². The van der Waals surface area contributed by atoms with Crippen molar-refractivity contribution in [1.29, 1.82) is 0 Å². The van der Waals surface area contributed by atoms with Gasteiger partial charge in [0, 0.05) is 37.0 Å². The number of nitro benzene ring substituents is 1. The van der Waals surface area contributed by atoms with E-state index in [9.17, 15) is 10.1 Å². The number of likely N-dealkylation sites (N-methyl/N-ethyl adjacent to an activating group) is 1. The molecule has 116 valence electrons. The van der Waals surface area contributed by atoms with Gasteiger partial charge in [-0.25, -0.2) is 0 Å². The number of nitro groups is 1. The zero-order chi connectivity index (χ0) is 15.4. The minimum atomic E-state index is -0.395. The molecule has 0 amide bonds. The van der Waals surface area contributed by atoms with Gasteiger partial charge in [-0.2, -0.15) is 0 Å². The van der Waals surface area contributed by atoms with Crippen LogP contribution < -0.4 is 15.0 Å². The van der Waals surface area contributed by atoms with Crippen molar-refractivity contribution in [2.24, 2.45) is 0 Å². The normalized spacial score (nSPS) is 18.9. The molecule has 1 aromatic carbocycles. The Bertz CT molecular complexity index is 505. The highest BCUT2D eigenvalue weighted by Crippen LogP contribution is 2.33. The van der Waals surface area contributed by atoms with Crippen molar-refractivity contribution >= 4 is 11.4 Å². The fourth-order valence-electron chi connectivity index (χ4n) is 2.65. The van der Waals surface area contributed by atoms with Gasteiger partial charge in [0.15, 0.2) is 5.75 Å². The highest BCUT2D eigenvalue weighted by Gasteiger charge is 2.22. The highest BCUT2D eigenvalue weighted by atomic mass is 16.6. The zero-order valence-electron chi connectivity index (χ0n) is 12.8. The number of rotatable bonds is 5. The number of benzene rings is 1. The lowest BCUT2D eigenvalue weighted by atomic mass is 10.0. The molecule has 2 rings (SSSR count). The summed E-state index contributed by atoms with van der Waals surface area (Å²) in [5.74, 6) is 0.346. The Morgan fingerprint density at radius 2 is 2.24 bits per heavy atom. The summed E-state index contributed by atoms with van der Waals surface area (Å²) in [4.78, 5) is 12.9.